The first-order valence-corrected chi connectivity index (χ1v) is 12.0. The molecule has 0 radical (unpaired) electrons. The fraction of sp³-hybridized carbons (Fsp3) is 0.840. The maximum absolute atomic E-state index is 13.2. The van der Waals surface area contributed by atoms with Gasteiger partial charge in [-0.1, -0.05) is 13.8 Å². The maximum Gasteiger partial charge on any atom is 0.157 e. The lowest BCUT2D eigenvalue weighted by Crippen LogP contribution is -2.53. The second-order valence-corrected chi connectivity index (χ2v) is 11.5. The van der Waals surface area contributed by atoms with Crippen LogP contribution in [-0.2, 0) is 11.3 Å². The molecule has 1 N–H and O–H groups in total. The molecule has 4 nitrogen and oxygen atoms in total. The first kappa shape index (κ1) is 19.8. The van der Waals surface area contributed by atoms with Crippen LogP contribution >= 0.6 is 0 Å². The highest BCUT2D eigenvalue weighted by molar-refractivity contribution is 5.82. The van der Waals surface area contributed by atoms with Gasteiger partial charge in [0.1, 0.15) is 0 Å². The summed E-state index contributed by atoms with van der Waals surface area (Å²) in [6, 6.07) is 1.90. The average Bonchev–Trinajstić information content (AvgIpc) is 3.29. The van der Waals surface area contributed by atoms with Gasteiger partial charge < -0.3 is 5.11 Å². The van der Waals surface area contributed by atoms with Crippen LogP contribution in [0.2, 0.25) is 0 Å². The summed E-state index contributed by atoms with van der Waals surface area (Å²) in [5.41, 5.74) is -0.293. The number of fused-ring (bicyclic) bond motifs is 5. The van der Waals surface area contributed by atoms with E-state index in [4.69, 9.17) is 0 Å². The van der Waals surface area contributed by atoms with Crippen molar-refractivity contribution in [2.24, 2.45) is 46.8 Å². The first-order chi connectivity index (χ1) is 13.8. The van der Waals surface area contributed by atoms with Crippen molar-refractivity contribution in [3.63, 3.8) is 0 Å². The molecule has 0 unspecified atom stereocenters. The third-order valence-electron chi connectivity index (χ3n) is 10.1. The Morgan fingerprint density at radius 2 is 1.97 bits per heavy atom. The molecule has 4 aliphatic rings. The lowest BCUT2D eigenvalue weighted by Gasteiger charge is -2.58. The van der Waals surface area contributed by atoms with Crippen LogP contribution in [0.3, 0.4) is 0 Å². The molecule has 160 valence electrons. The topological polar surface area (TPSA) is 55.1 Å². The summed E-state index contributed by atoms with van der Waals surface area (Å²) >= 11 is 0. The van der Waals surface area contributed by atoms with E-state index in [2.05, 4.69) is 25.9 Å². The van der Waals surface area contributed by atoms with Crippen molar-refractivity contribution in [1.29, 1.82) is 0 Å². The Bertz CT molecular complexity index is 757. The molecule has 1 aromatic rings. The monoisotopic (exact) mass is 398 g/mol. The lowest BCUT2D eigenvalue weighted by atomic mass is 9.48. The Labute approximate surface area is 175 Å². The Balaban J connectivity index is 1.33. The summed E-state index contributed by atoms with van der Waals surface area (Å²) in [6.45, 7) is 7.19. The van der Waals surface area contributed by atoms with Crippen molar-refractivity contribution in [1.82, 2.24) is 9.78 Å². The van der Waals surface area contributed by atoms with Gasteiger partial charge in [0.2, 0.25) is 0 Å². The lowest BCUT2D eigenvalue weighted by molar-refractivity contribution is -0.137. The van der Waals surface area contributed by atoms with E-state index in [9.17, 15) is 9.90 Å². The van der Waals surface area contributed by atoms with Crippen LogP contribution < -0.4 is 0 Å². The van der Waals surface area contributed by atoms with Crippen molar-refractivity contribution in [2.45, 2.75) is 84.3 Å². The van der Waals surface area contributed by atoms with Crippen molar-refractivity contribution >= 4 is 5.78 Å². The fourth-order valence-electron chi connectivity index (χ4n) is 8.44. The summed E-state index contributed by atoms with van der Waals surface area (Å²) < 4.78 is 1.80. The molecule has 4 fully saturated rings. The molecular weight excluding hydrogens is 360 g/mol. The molecule has 4 saturated carbocycles. The van der Waals surface area contributed by atoms with E-state index < -0.39 is 5.60 Å². The van der Waals surface area contributed by atoms with Crippen molar-refractivity contribution in [2.75, 3.05) is 0 Å². The molecule has 0 saturated heterocycles. The SMILES string of the molecule is C[C@H]1C[C@H]2[C@H](CC[C@@H]3[C@@H]2CC[C@]2(C)[C@@H](C(=O)Cn4cccn4)CC[C@@H]32)C[C@]1(C)O. The summed E-state index contributed by atoms with van der Waals surface area (Å²) in [4.78, 5) is 13.2. The van der Waals surface area contributed by atoms with E-state index in [1.54, 1.807) is 10.9 Å². The van der Waals surface area contributed by atoms with Crippen LogP contribution in [0.15, 0.2) is 18.5 Å². The minimum atomic E-state index is -0.478. The average molecular weight is 399 g/mol. The van der Waals surface area contributed by atoms with Gasteiger partial charge in [0.15, 0.2) is 5.78 Å². The van der Waals surface area contributed by atoms with Crippen LogP contribution in [0.4, 0.5) is 0 Å². The molecule has 9 atom stereocenters. The predicted octanol–water partition coefficient (Wildman–Crippen LogP) is 4.72. The van der Waals surface area contributed by atoms with E-state index in [-0.39, 0.29) is 11.3 Å². The van der Waals surface area contributed by atoms with Crippen molar-refractivity contribution < 1.29 is 9.90 Å². The van der Waals surface area contributed by atoms with E-state index in [1.807, 2.05) is 12.3 Å². The number of carbonyl (C=O) groups excluding carboxylic acids is 1. The summed E-state index contributed by atoms with van der Waals surface area (Å²) in [5.74, 6) is 4.86. The van der Waals surface area contributed by atoms with Gasteiger partial charge in [-0.05, 0) is 105 Å². The number of carbonyl (C=O) groups is 1. The summed E-state index contributed by atoms with van der Waals surface area (Å²) in [6.07, 6.45) is 13.3. The Morgan fingerprint density at radius 3 is 2.72 bits per heavy atom. The zero-order valence-corrected chi connectivity index (χ0v) is 18.4. The molecule has 4 aliphatic carbocycles. The van der Waals surface area contributed by atoms with Gasteiger partial charge in [-0.2, -0.15) is 5.10 Å². The number of aliphatic hydroxyl groups is 1. The molecule has 5 rings (SSSR count). The predicted molar refractivity (Wildman–Crippen MR) is 113 cm³/mol. The van der Waals surface area contributed by atoms with Crippen LogP contribution in [-0.4, -0.2) is 26.3 Å². The quantitative estimate of drug-likeness (QED) is 0.802. The van der Waals surface area contributed by atoms with Gasteiger partial charge in [0, 0.05) is 18.3 Å². The number of ketones is 1. The molecule has 1 aromatic heterocycles. The van der Waals surface area contributed by atoms with Crippen molar-refractivity contribution in [3.8, 4) is 0 Å². The number of Topliss-reactive ketones (excluding diaryl/α,β-unsaturated/α-hetero) is 1. The molecule has 29 heavy (non-hydrogen) atoms. The van der Waals surface area contributed by atoms with Crippen LogP contribution in [0.1, 0.15) is 72.1 Å². The fourth-order valence-corrected chi connectivity index (χ4v) is 8.44. The second-order valence-electron chi connectivity index (χ2n) is 11.5. The standard InChI is InChI=1S/C25H38N2O2/c1-16-13-20-17(14-25(16,3)29)5-6-19-18(20)9-10-24(2)21(19)7-8-22(24)23(28)15-27-12-4-11-26-27/h4,11-12,16-22,29H,5-10,13-15H2,1-3H3/t16-,17+,18-,19+,20-,21-,22+,24-,25-/m0/s1. The number of aromatic nitrogens is 2. The van der Waals surface area contributed by atoms with E-state index >= 15 is 0 Å². The minimum Gasteiger partial charge on any atom is -0.390 e. The highest BCUT2D eigenvalue weighted by Gasteiger charge is 2.59. The third-order valence-corrected chi connectivity index (χ3v) is 10.1. The Morgan fingerprint density at radius 1 is 1.14 bits per heavy atom. The largest absolute Gasteiger partial charge is 0.390 e. The van der Waals surface area contributed by atoms with Crippen molar-refractivity contribution in [3.05, 3.63) is 18.5 Å². The summed E-state index contributed by atoms with van der Waals surface area (Å²) in [7, 11) is 0. The van der Waals surface area contributed by atoms with E-state index in [1.165, 1.54) is 38.5 Å². The molecule has 0 amide bonds. The van der Waals surface area contributed by atoms with E-state index in [0.717, 1.165) is 30.6 Å². The maximum atomic E-state index is 13.2. The minimum absolute atomic E-state index is 0.185. The molecule has 1 heterocycles. The van der Waals surface area contributed by atoms with E-state index in [0.29, 0.717) is 30.1 Å². The second kappa shape index (κ2) is 6.93. The number of hydrogen-bond donors (Lipinski definition) is 1. The smallest absolute Gasteiger partial charge is 0.157 e. The van der Waals surface area contributed by atoms with Gasteiger partial charge in [0.25, 0.3) is 0 Å². The van der Waals surface area contributed by atoms with Gasteiger partial charge >= 0.3 is 0 Å². The number of hydrogen-bond acceptors (Lipinski definition) is 3. The summed E-state index contributed by atoms with van der Waals surface area (Å²) in [5, 5.41) is 15.1. The molecular formula is C25H38N2O2. The highest BCUT2D eigenvalue weighted by atomic mass is 16.3. The molecule has 0 aromatic carbocycles. The zero-order valence-electron chi connectivity index (χ0n) is 18.4. The van der Waals surface area contributed by atoms with Gasteiger partial charge in [-0.3, -0.25) is 9.48 Å². The van der Waals surface area contributed by atoms with Gasteiger partial charge in [-0.25, -0.2) is 0 Å². The Hall–Kier alpha value is -1.16. The molecule has 4 heteroatoms. The first-order valence-electron chi connectivity index (χ1n) is 12.0. The molecule has 0 spiro atoms. The molecule has 0 bridgehead atoms. The molecule has 0 aliphatic heterocycles. The van der Waals surface area contributed by atoms with Crippen LogP contribution in [0.25, 0.3) is 0 Å². The normalized spacial score (nSPS) is 49.2. The highest BCUT2D eigenvalue weighted by Crippen LogP contribution is 2.65. The van der Waals surface area contributed by atoms with Gasteiger partial charge in [-0.15, -0.1) is 0 Å². The Kier molecular flexibility index (Phi) is 4.73. The number of rotatable bonds is 3. The van der Waals surface area contributed by atoms with Crippen LogP contribution in [0, 0.1) is 46.8 Å². The zero-order chi connectivity index (χ0) is 20.4. The third kappa shape index (κ3) is 3.12. The van der Waals surface area contributed by atoms with Gasteiger partial charge in [0.05, 0.1) is 12.1 Å². The number of nitrogens with zero attached hydrogens (tertiary/aromatic N) is 2. The van der Waals surface area contributed by atoms with Crippen LogP contribution in [0.5, 0.6) is 0 Å².